The van der Waals surface area contributed by atoms with Gasteiger partial charge in [-0.1, -0.05) is 38.1 Å². The van der Waals surface area contributed by atoms with Crippen LogP contribution in [0.25, 0.3) is 0 Å². The molecule has 0 radical (unpaired) electrons. The van der Waals surface area contributed by atoms with Crippen molar-refractivity contribution >= 4 is 29.9 Å². The van der Waals surface area contributed by atoms with E-state index in [1.807, 2.05) is 0 Å². The summed E-state index contributed by atoms with van der Waals surface area (Å²) in [5.41, 5.74) is 2.58. The van der Waals surface area contributed by atoms with Crippen LogP contribution in [0.2, 0.25) is 0 Å². The highest BCUT2D eigenvalue weighted by atomic mass is 127. The molecular weight excluding hydrogens is 517 g/mol. The lowest BCUT2D eigenvalue weighted by atomic mass is 10.1. The zero-order chi connectivity index (χ0) is 21.9. The Balaban J connectivity index is 0.00000363. The topological polar surface area (TPSA) is 61.4 Å². The maximum absolute atomic E-state index is 5.97. The van der Waals surface area contributed by atoms with Crippen LogP contribution >= 0.6 is 24.0 Å². The van der Waals surface area contributed by atoms with Gasteiger partial charge in [0.15, 0.2) is 5.96 Å². The lowest BCUT2D eigenvalue weighted by Gasteiger charge is -2.34. The normalized spacial score (nSPS) is 20.8. The predicted octanol–water partition coefficient (Wildman–Crippen LogP) is 2.55. The van der Waals surface area contributed by atoms with E-state index in [4.69, 9.17) is 14.5 Å². The fraction of sp³-hybridized carbons (Fsp3) is 0.708. The molecule has 1 aromatic rings. The zero-order valence-corrected chi connectivity index (χ0v) is 22.3. The van der Waals surface area contributed by atoms with Gasteiger partial charge in [-0.2, -0.15) is 0 Å². The van der Waals surface area contributed by atoms with Crippen LogP contribution in [0, 0.1) is 5.92 Å². The van der Waals surface area contributed by atoms with Crippen LogP contribution in [0.15, 0.2) is 29.3 Å². The minimum atomic E-state index is 0. The molecule has 182 valence electrons. The Bertz CT molecular complexity index is 682. The number of rotatable bonds is 9. The second-order valence-corrected chi connectivity index (χ2v) is 8.93. The van der Waals surface area contributed by atoms with Crippen LogP contribution in [0.5, 0.6) is 0 Å². The van der Waals surface area contributed by atoms with Gasteiger partial charge in [0.2, 0.25) is 0 Å². The molecule has 2 N–H and O–H groups in total. The van der Waals surface area contributed by atoms with Crippen LogP contribution in [-0.4, -0.2) is 87.5 Å². The van der Waals surface area contributed by atoms with Gasteiger partial charge in [0, 0.05) is 52.4 Å². The van der Waals surface area contributed by atoms with E-state index in [0.717, 1.165) is 78.1 Å². The number of aliphatic imine (C=N–C) groups is 1. The maximum atomic E-state index is 5.97. The number of benzene rings is 1. The first-order chi connectivity index (χ1) is 15.1. The van der Waals surface area contributed by atoms with Gasteiger partial charge >= 0.3 is 0 Å². The van der Waals surface area contributed by atoms with Gasteiger partial charge in [0.1, 0.15) is 0 Å². The van der Waals surface area contributed by atoms with E-state index >= 15 is 0 Å². The number of nitrogens with zero attached hydrogens (tertiary/aromatic N) is 3. The third-order valence-corrected chi connectivity index (χ3v) is 5.61. The molecule has 2 aliphatic rings. The minimum Gasteiger partial charge on any atom is -0.379 e. The molecule has 0 saturated carbocycles. The quantitative estimate of drug-likeness (QED) is 0.276. The van der Waals surface area contributed by atoms with Gasteiger partial charge in [-0.3, -0.25) is 9.80 Å². The molecule has 1 unspecified atom stereocenters. The second-order valence-electron chi connectivity index (χ2n) is 8.93. The van der Waals surface area contributed by atoms with Gasteiger partial charge in [-0.05, 0) is 24.0 Å². The molecule has 0 aromatic heterocycles. The summed E-state index contributed by atoms with van der Waals surface area (Å²) >= 11 is 0. The number of nitrogens with one attached hydrogen (secondary N) is 2. The number of hydrogen-bond acceptors (Lipinski definition) is 5. The molecule has 3 rings (SSSR count). The highest BCUT2D eigenvalue weighted by Crippen LogP contribution is 2.11. The molecule has 8 heteroatoms. The molecule has 2 aliphatic heterocycles. The van der Waals surface area contributed by atoms with Crippen LogP contribution in [0.3, 0.4) is 0 Å². The molecular formula is C24H42IN5O2. The summed E-state index contributed by atoms with van der Waals surface area (Å²) in [5.74, 6) is 1.54. The van der Waals surface area contributed by atoms with E-state index in [-0.39, 0.29) is 30.1 Å². The summed E-state index contributed by atoms with van der Waals surface area (Å²) in [5, 5.41) is 6.84. The molecule has 2 heterocycles. The SMILES string of the molecule is CCNC(=NCc1cccc(CN2CCOCC2)c1)NCC1CN(CC(C)C)CCO1.I. The number of ether oxygens (including phenoxy) is 2. The lowest BCUT2D eigenvalue weighted by Crippen LogP contribution is -2.50. The smallest absolute Gasteiger partial charge is 0.191 e. The Morgan fingerprint density at radius 3 is 2.59 bits per heavy atom. The Labute approximate surface area is 211 Å². The summed E-state index contributed by atoms with van der Waals surface area (Å²) in [6.45, 7) is 17.5. The summed E-state index contributed by atoms with van der Waals surface area (Å²) in [4.78, 5) is 9.77. The number of guanidine groups is 1. The van der Waals surface area contributed by atoms with E-state index in [2.05, 4.69) is 65.5 Å². The van der Waals surface area contributed by atoms with E-state index in [1.54, 1.807) is 0 Å². The third-order valence-electron chi connectivity index (χ3n) is 5.61. The average Bonchev–Trinajstić information content (AvgIpc) is 2.76. The largest absolute Gasteiger partial charge is 0.379 e. The number of hydrogen-bond donors (Lipinski definition) is 2. The predicted molar refractivity (Wildman–Crippen MR) is 142 cm³/mol. The van der Waals surface area contributed by atoms with Gasteiger partial charge < -0.3 is 20.1 Å². The summed E-state index contributed by atoms with van der Waals surface area (Å²) < 4.78 is 11.4. The summed E-state index contributed by atoms with van der Waals surface area (Å²) in [6.07, 6.45) is 0.202. The second kappa shape index (κ2) is 15.1. The molecule has 1 aromatic carbocycles. The fourth-order valence-corrected chi connectivity index (χ4v) is 4.15. The molecule has 1 atom stereocenters. The first kappa shape index (κ1) is 27.3. The Hall–Kier alpha value is -0.940. The standard InChI is InChI=1S/C24H41N5O2.HI/c1-4-25-24(27-16-23-19-29(10-13-31-23)17-20(2)3)26-15-21-6-5-7-22(14-21)18-28-8-11-30-12-9-28;/h5-7,14,20,23H,4,8-13,15-19H2,1-3H3,(H2,25,26,27);1H. The van der Waals surface area contributed by atoms with Crippen molar-refractivity contribution in [2.45, 2.75) is 40.0 Å². The summed E-state index contributed by atoms with van der Waals surface area (Å²) in [7, 11) is 0. The molecule has 2 saturated heterocycles. The highest BCUT2D eigenvalue weighted by molar-refractivity contribution is 14.0. The van der Waals surface area contributed by atoms with E-state index in [9.17, 15) is 0 Å². The Kier molecular flexibility index (Phi) is 12.8. The molecule has 0 bridgehead atoms. The molecule has 0 amide bonds. The van der Waals surface area contributed by atoms with Crippen LogP contribution < -0.4 is 10.6 Å². The van der Waals surface area contributed by atoms with Crippen molar-refractivity contribution in [3.63, 3.8) is 0 Å². The monoisotopic (exact) mass is 559 g/mol. The maximum Gasteiger partial charge on any atom is 0.191 e. The third kappa shape index (κ3) is 9.91. The fourth-order valence-electron chi connectivity index (χ4n) is 4.15. The molecule has 32 heavy (non-hydrogen) atoms. The average molecular weight is 560 g/mol. The first-order valence-corrected chi connectivity index (χ1v) is 11.9. The summed E-state index contributed by atoms with van der Waals surface area (Å²) in [6, 6.07) is 8.77. The highest BCUT2D eigenvalue weighted by Gasteiger charge is 2.21. The van der Waals surface area contributed by atoms with Gasteiger partial charge in [0.05, 0.1) is 32.5 Å². The van der Waals surface area contributed by atoms with Crippen molar-refractivity contribution in [1.82, 2.24) is 20.4 Å². The number of morpholine rings is 2. The van der Waals surface area contributed by atoms with E-state index in [1.165, 1.54) is 11.1 Å². The molecule has 0 aliphatic carbocycles. The van der Waals surface area contributed by atoms with E-state index in [0.29, 0.717) is 12.5 Å². The van der Waals surface area contributed by atoms with E-state index < -0.39 is 0 Å². The van der Waals surface area contributed by atoms with Crippen LogP contribution in [-0.2, 0) is 22.6 Å². The van der Waals surface area contributed by atoms with Crippen molar-refractivity contribution in [2.75, 3.05) is 65.6 Å². The molecule has 0 spiro atoms. The van der Waals surface area contributed by atoms with Crippen molar-refractivity contribution < 1.29 is 9.47 Å². The Morgan fingerprint density at radius 1 is 1.09 bits per heavy atom. The van der Waals surface area contributed by atoms with Gasteiger partial charge in [-0.15, -0.1) is 24.0 Å². The van der Waals surface area contributed by atoms with Crippen LogP contribution in [0.4, 0.5) is 0 Å². The first-order valence-electron chi connectivity index (χ1n) is 11.9. The van der Waals surface area contributed by atoms with Gasteiger partial charge in [-0.25, -0.2) is 4.99 Å². The van der Waals surface area contributed by atoms with Crippen molar-refractivity contribution in [1.29, 1.82) is 0 Å². The number of halogens is 1. The van der Waals surface area contributed by atoms with Crippen molar-refractivity contribution in [3.05, 3.63) is 35.4 Å². The van der Waals surface area contributed by atoms with Crippen LogP contribution in [0.1, 0.15) is 31.9 Å². The van der Waals surface area contributed by atoms with Crippen molar-refractivity contribution in [2.24, 2.45) is 10.9 Å². The Morgan fingerprint density at radius 2 is 1.84 bits per heavy atom. The molecule has 2 fully saturated rings. The molecule has 7 nitrogen and oxygen atoms in total. The lowest BCUT2D eigenvalue weighted by molar-refractivity contribution is -0.0284. The van der Waals surface area contributed by atoms with Gasteiger partial charge in [0.25, 0.3) is 0 Å². The van der Waals surface area contributed by atoms with Crippen molar-refractivity contribution in [3.8, 4) is 0 Å². The zero-order valence-electron chi connectivity index (χ0n) is 20.0. The minimum absolute atomic E-state index is 0.